The average molecular weight is 335 g/mol. The Balaban J connectivity index is 1.62. The lowest BCUT2D eigenvalue weighted by Gasteiger charge is -2.12. The number of aromatic nitrogens is 1. The third-order valence-corrected chi connectivity index (χ3v) is 3.96. The summed E-state index contributed by atoms with van der Waals surface area (Å²) >= 11 is 5.91. The summed E-state index contributed by atoms with van der Waals surface area (Å²) in [4.78, 5) is 12.3. The van der Waals surface area contributed by atoms with E-state index in [1.807, 2.05) is 18.2 Å². The number of aryl methyl sites for hydroxylation is 1. The third-order valence-electron chi connectivity index (χ3n) is 3.76. The summed E-state index contributed by atoms with van der Waals surface area (Å²) in [7, 11) is 1.78. The Morgan fingerprint density at radius 1 is 1.48 bits per heavy atom. The molecule has 1 amide bonds. The van der Waals surface area contributed by atoms with Gasteiger partial charge in [0.1, 0.15) is 18.1 Å². The molecule has 1 aromatic heterocycles. The molecule has 0 aliphatic carbocycles. The number of hydrogen-bond acceptors (Lipinski definition) is 3. The van der Waals surface area contributed by atoms with Crippen molar-refractivity contribution in [3.63, 3.8) is 0 Å². The van der Waals surface area contributed by atoms with E-state index >= 15 is 0 Å². The van der Waals surface area contributed by atoms with Gasteiger partial charge in [-0.2, -0.15) is 0 Å². The Morgan fingerprint density at radius 3 is 3.04 bits per heavy atom. The summed E-state index contributed by atoms with van der Waals surface area (Å²) in [5.74, 6) is 0.499. The Labute approximate surface area is 140 Å². The molecule has 6 heteroatoms. The Kier molecular flexibility index (Phi) is 4.88. The molecule has 0 bridgehead atoms. The third kappa shape index (κ3) is 4.06. The zero-order valence-corrected chi connectivity index (χ0v) is 13.7. The zero-order chi connectivity index (χ0) is 16.2. The van der Waals surface area contributed by atoms with Gasteiger partial charge in [0.25, 0.3) is 5.91 Å². The quantitative estimate of drug-likeness (QED) is 0.910. The van der Waals surface area contributed by atoms with Gasteiger partial charge < -0.3 is 19.4 Å². The summed E-state index contributed by atoms with van der Waals surface area (Å²) in [6, 6.07) is 8.97. The van der Waals surface area contributed by atoms with E-state index in [-0.39, 0.29) is 12.0 Å². The van der Waals surface area contributed by atoms with E-state index in [2.05, 4.69) is 5.32 Å². The van der Waals surface area contributed by atoms with Gasteiger partial charge in [-0.3, -0.25) is 4.79 Å². The molecule has 1 N–H and O–H groups in total. The lowest BCUT2D eigenvalue weighted by molar-refractivity contribution is 0.0680. The second-order valence-electron chi connectivity index (χ2n) is 5.58. The first-order chi connectivity index (χ1) is 11.1. The van der Waals surface area contributed by atoms with Crippen LogP contribution in [0.25, 0.3) is 0 Å². The number of amides is 1. The first-order valence-electron chi connectivity index (χ1n) is 7.59. The van der Waals surface area contributed by atoms with Gasteiger partial charge in [-0.25, -0.2) is 0 Å². The highest BCUT2D eigenvalue weighted by Crippen LogP contribution is 2.21. The summed E-state index contributed by atoms with van der Waals surface area (Å²) in [6.45, 7) is 1.34. The molecule has 1 aliphatic heterocycles. The number of carbonyl (C=O) groups excluding carboxylic acids is 1. The Morgan fingerprint density at radius 2 is 2.35 bits per heavy atom. The van der Waals surface area contributed by atoms with E-state index in [1.165, 1.54) is 0 Å². The number of ether oxygens (including phenoxy) is 2. The molecule has 0 spiro atoms. The van der Waals surface area contributed by atoms with Gasteiger partial charge in [0, 0.05) is 31.6 Å². The minimum atomic E-state index is -0.212. The van der Waals surface area contributed by atoms with Gasteiger partial charge in [-0.15, -0.1) is 0 Å². The van der Waals surface area contributed by atoms with Gasteiger partial charge in [0.2, 0.25) is 0 Å². The lowest BCUT2D eigenvalue weighted by Crippen LogP contribution is -2.17. The minimum absolute atomic E-state index is 0.166. The van der Waals surface area contributed by atoms with Crippen LogP contribution >= 0.6 is 11.6 Å². The lowest BCUT2D eigenvalue weighted by atomic mass is 10.2. The van der Waals surface area contributed by atoms with Crippen LogP contribution in [0.5, 0.6) is 5.75 Å². The minimum Gasteiger partial charge on any atom is -0.491 e. The van der Waals surface area contributed by atoms with E-state index in [1.54, 1.807) is 29.9 Å². The van der Waals surface area contributed by atoms with Crippen LogP contribution in [0.3, 0.4) is 0 Å². The summed E-state index contributed by atoms with van der Waals surface area (Å²) < 4.78 is 13.0. The molecule has 23 heavy (non-hydrogen) atoms. The molecular weight excluding hydrogens is 316 g/mol. The second kappa shape index (κ2) is 7.06. The van der Waals surface area contributed by atoms with Gasteiger partial charge in [-0.05, 0) is 31.0 Å². The molecule has 1 saturated heterocycles. The fourth-order valence-electron chi connectivity index (χ4n) is 2.57. The van der Waals surface area contributed by atoms with Crippen LogP contribution < -0.4 is 10.1 Å². The molecule has 1 atom stereocenters. The van der Waals surface area contributed by atoms with Gasteiger partial charge in [0.15, 0.2) is 0 Å². The van der Waals surface area contributed by atoms with E-state index in [0.717, 1.165) is 19.4 Å². The number of nitrogens with one attached hydrogen (secondary N) is 1. The summed E-state index contributed by atoms with van der Waals surface area (Å²) in [6.07, 6.45) is 3.98. The van der Waals surface area contributed by atoms with E-state index in [9.17, 15) is 4.79 Å². The van der Waals surface area contributed by atoms with Crippen molar-refractivity contribution in [3.8, 4) is 5.75 Å². The largest absolute Gasteiger partial charge is 0.491 e. The Bertz CT molecular complexity index is 693. The van der Waals surface area contributed by atoms with Crippen molar-refractivity contribution in [2.75, 3.05) is 18.5 Å². The smallest absolute Gasteiger partial charge is 0.272 e. The average Bonchev–Trinajstić information content (AvgIpc) is 3.15. The number of rotatable bonds is 5. The van der Waals surface area contributed by atoms with Gasteiger partial charge >= 0.3 is 0 Å². The highest BCUT2D eigenvalue weighted by atomic mass is 35.5. The first-order valence-corrected chi connectivity index (χ1v) is 7.97. The number of nitrogens with zero attached hydrogens (tertiary/aromatic N) is 1. The standard InChI is InChI=1S/C17H19ClN2O3/c1-20-10-12(18)8-16(20)17(21)19-13-4-2-5-14(9-13)23-11-15-6-3-7-22-15/h2,4-5,8-10,15H,3,6-7,11H2,1H3,(H,19,21)/t15-/m0/s1. The second-order valence-corrected chi connectivity index (χ2v) is 6.02. The van der Waals surface area contributed by atoms with Crippen LogP contribution in [-0.4, -0.2) is 29.8 Å². The van der Waals surface area contributed by atoms with Crippen molar-refractivity contribution >= 4 is 23.2 Å². The highest BCUT2D eigenvalue weighted by Gasteiger charge is 2.16. The fourth-order valence-corrected chi connectivity index (χ4v) is 2.82. The van der Waals surface area contributed by atoms with Crippen molar-refractivity contribution in [1.29, 1.82) is 0 Å². The van der Waals surface area contributed by atoms with Crippen LogP contribution in [0.1, 0.15) is 23.3 Å². The molecule has 122 valence electrons. The first kappa shape index (κ1) is 15.9. The maximum Gasteiger partial charge on any atom is 0.272 e. The molecule has 3 rings (SSSR count). The number of anilines is 1. The molecule has 1 fully saturated rings. The number of hydrogen-bond donors (Lipinski definition) is 1. The molecule has 5 nitrogen and oxygen atoms in total. The molecule has 1 aromatic carbocycles. The highest BCUT2D eigenvalue weighted by molar-refractivity contribution is 6.31. The molecular formula is C17H19ClN2O3. The van der Waals surface area contributed by atoms with E-state index in [0.29, 0.717) is 28.8 Å². The number of halogens is 1. The van der Waals surface area contributed by atoms with Crippen LogP contribution in [0.2, 0.25) is 5.02 Å². The predicted molar refractivity (Wildman–Crippen MR) is 89.3 cm³/mol. The van der Waals surface area contributed by atoms with Crippen LogP contribution in [0, 0.1) is 0 Å². The van der Waals surface area contributed by atoms with Crippen molar-refractivity contribution in [1.82, 2.24) is 4.57 Å². The molecule has 0 radical (unpaired) electrons. The maximum atomic E-state index is 12.3. The topological polar surface area (TPSA) is 52.5 Å². The van der Waals surface area contributed by atoms with Gasteiger partial charge in [-0.1, -0.05) is 17.7 Å². The van der Waals surface area contributed by atoms with Crippen molar-refractivity contribution in [2.24, 2.45) is 7.05 Å². The Hall–Kier alpha value is -1.98. The summed E-state index contributed by atoms with van der Waals surface area (Å²) in [5, 5.41) is 3.38. The number of carbonyl (C=O) groups is 1. The molecule has 1 aliphatic rings. The molecule has 2 heterocycles. The molecule has 0 unspecified atom stereocenters. The van der Waals surface area contributed by atoms with E-state index in [4.69, 9.17) is 21.1 Å². The fraction of sp³-hybridized carbons (Fsp3) is 0.353. The van der Waals surface area contributed by atoms with E-state index < -0.39 is 0 Å². The summed E-state index contributed by atoms with van der Waals surface area (Å²) in [5.41, 5.74) is 1.18. The van der Waals surface area contributed by atoms with Crippen molar-refractivity contribution in [3.05, 3.63) is 47.2 Å². The molecule has 0 saturated carbocycles. The molecule has 2 aromatic rings. The predicted octanol–water partition coefficient (Wildman–Crippen LogP) is 3.49. The van der Waals surface area contributed by atoms with Crippen LogP contribution in [0.15, 0.2) is 36.5 Å². The van der Waals surface area contributed by atoms with Crippen molar-refractivity contribution < 1.29 is 14.3 Å². The zero-order valence-electron chi connectivity index (χ0n) is 12.9. The maximum absolute atomic E-state index is 12.3. The number of benzene rings is 1. The van der Waals surface area contributed by atoms with Crippen LogP contribution in [0.4, 0.5) is 5.69 Å². The monoisotopic (exact) mass is 334 g/mol. The SMILES string of the molecule is Cn1cc(Cl)cc1C(=O)Nc1cccc(OC[C@@H]2CCCO2)c1. The van der Waals surface area contributed by atoms with Crippen LogP contribution in [-0.2, 0) is 11.8 Å². The van der Waals surface area contributed by atoms with Gasteiger partial charge in [0.05, 0.1) is 11.1 Å². The normalized spacial score (nSPS) is 17.2. The van der Waals surface area contributed by atoms with Crippen molar-refractivity contribution in [2.45, 2.75) is 18.9 Å².